The second kappa shape index (κ2) is 4.38. The molecule has 6 nitrogen and oxygen atoms in total. The van der Waals surface area contributed by atoms with E-state index in [-0.39, 0.29) is 5.56 Å². The monoisotopic (exact) mass is 246 g/mol. The Balaban J connectivity index is 1.87. The highest BCUT2D eigenvalue weighted by molar-refractivity contribution is 5.88. The van der Waals surface area contributed by atoms with Gasteiger partial charge >= 0.3 is 5.97 Å². The van der Waals surface area contributed by atoms with E-state index < -0.39 is 5.97 Å². The average molecular weight is 246 g/mol. The van der Waals surface area contributed by atoms with Crippen molar-refractivity contribution in [1.29, 1.82) is 0 Å². The van der Waals surface area contributed by atoms with Gasteiger partial charge in [-0.1, -0.05) is 0 Å². The molecule has 2 N–H and O–H groups in total. The molecule has 1 fully saturated rings. The minimum atomic E-state index is -0.943. The minimum absolute atomic E-state index is 0.240. The number of carbonyl (C=O) groups is 1. The van der Waals surface area contributed by atoms with Gasteiger partial charge in [0, 0.05) is 12.6 Å². The molecular formula is C12H14N4O2. The molecule has 2 aromatic heterocycles. The van der Waals surface area contributed by atoms with Crippen LogP contribution in [0.15, 0.2) is 18.3 Å². The molecule has 1 atom stereocenters. The Kier molecular flexibility index (Phi) is 2.71. The van der Waals surface area contributed by atoms with E-state index in [0.717, 1.165) is 31.8 Å². The number of rotatable bonds is 3. The Morgan fingerprint density at radius 1 is 1.61 bits per heavy atom. The quantitative estimate of drug-likeness (QED) is 0.828. The lowest BCUT2D eigenvalue weighted by Gasteiger charge is -2.02. The van der Waals surface area contributed by atoms with E-state index in [1.807, 2.05) is 0 Å². The molecule has 1 saturated heterocycles. The van der Waals surface area contributed by atoms with Crippen LogP contribution in [0.1, 0.15) is 22.6 Å². The molecule has 94 valence electrons. The van der Waals surface area contributed by atoms with E-state index in [4.69, 9.17) is 5.11 Å². The maximum atomic E-state index is 10.9. The van der Waals surface area contributed by atoms with Crippen molar-refractivity contribution in [2.24, 2.45) is 5.92 Å². The highest BCUT2D eigenvalue weighted by Gasteiger charge is 2.17. The van der Waals surface area contributed by atoms with Crippen LogP contribution >= 0.6 is 0 Å². The first-order chi connectivity index (χ1) is 8.72. The third-order valence-corrected chi connectivity index (χ3v) is 3.26. The van der Waals surface area contributed by atoms with Crippen LogP contribution < -0.4 is 5.32 Å². The summed E-state index contributed by atoms with van der Waals surface area (Å²) in [6, 6.07) is 3.08. The summed E-state index contributed by atoms with van der Waals surface area (Å²) in [5.74, 6) is 0.426. The summed E-state index contributed by atoms with van der Waals surface area (Å²) in [5, 5.41) is 16.6. The van der Waals surface area contributed by atoms with Crippen LogP contribution in [0, 0.1) is 5.92 Å². The van der Waals surface area contributed by atoms with Crippen molar-refractivity contribution >= 4 is 11.6 Å². The van der Waals surface area contributed by atoms with Crippen molar-refractivity contribution in [2.45, 2.75) is 12.8 Å². The van der Waals surface area contributed by atoms with Gasteiger partial charge in [-0.3, -0.25) is 0 Å². The predicted molar refractivity (Wildman–Crippen MR) is 64.6 cm³/mol. The fourth-order valence-corrected chi connectivity index (χ4v) is 2.29. The van der Waals surface area contributed by atoms with Gasteiger partial charge in [0.25, 0.3) is 0 Å². The number of fused-ring (bicyclic) bond motifs is 1. The first-order valence-corrected chi connectivity index (χ1v) is 6.02. The normalized spacial score (nSPS) is 19.4. The van der Waals surface area contributed by atoms with Gasteiger partial charge in [0.2, 0.25) is 0 Å². The molecule has 0 spiro atoms. The molecule has 2 aromatic rings. The van der Waals surface area contributed by atoms with Crippen molar-refractivity contribution in [2.75, 3.05) is 13.1 Å². The molecule has 0 bridgehead atoms. The van der Waals surface area contributed by atoms with Crippen molar-refractivity contribution < 1.29 is 9.90 Å². The highest BCUT2D eigenvalue weighted by atomic mass is 16.4. The number of carboxylic acids is 1. The third-order valence-electron chi connectivity index (χ3n) is 3.26. The molecule has 18 heavy (non-hydrogen) atoms. The van der Waals surface area contributed by atoms with Gasteiger partial charge in [-0.15, -0.1) is 0 Å². The third kappa shape index (κ3) is 2.06. The molecule has 0 radical (unpaired) electrons. The summed E-state index contributed by atoms with van der Waals surface area (Å²) in [6.45, 7) is 2.07. The molecule has 3 heterocycles. The van der Waals surface area contributed by atoms with Gasteiger partial charge < -0.3 is 10.4 Å². The maximum Gasteiger partial charge on any atom is 0.335 e. The number of aromatic nitrogens is 3. The standard InChI is InChI=1S/C12H14N4O2/c17-12(18)9-2-4-16-11(6-9)14-10(15-16)5-8-1-3-13-7-8/h2,4,6,8,13H,1,3,5,7H2,(H,17,18). The number of nitrogens with zero attached hydrogens (tertiary/aromatic N) is 3. The summed E-state index contributed by atoms with van der Waals surface area (Å²) in [7, 11) is 0. The topological polar surface area (TPSA) is 79.5 Å². The SMILES string of the molecule is O=C(O)c1ccn2nc(CC3CCNC3)nc2c1. The fraction of sp³-hybridized carbons (Fsp3) is 0.417. The lowest BCUT2D eigenvalue weighted by molar-refractivity contribution is 0.0697. The van der Waals surface area contributed by atoms with Gasteiger partial charge in [-0.25, -0.2) is 14.3 Å². The number of carboxylic acid groups (broad SMARTS) is 1. The molecular weight excluding hydrogens is 232 g/mol. The summed E-state index contributed by atoms with van der Waals surface area (Å²) in [6.07, 6.45) is 3.63. The van der Waals surface area contributed by atoms with E-state index in [9.17, 15) is 4.79 Å². The lowest BCUT2D eigenvalue weighted by Crippen LogP contribution is -2.11. The van der Waals surface area contributed by atoms with Crippen molar-refractivity contribution in [3.8, 4) is 0 Å². The Labute approximate surface area is 104 Å². The Morgan fingerprint density at radius 2 is 2.50 bits per heavy atom. The molecule has 0 amide bonds. The number of aromatic carboxylic acids is 1. The van der Waals surface area contributed by atoms with Crippen molar-refractivity contribution in [1.82, 2.24) is 19.9 Å². The van der Waals surface area contributed by atoms with Crippen LogP contribution in [-0.2, 0) is 6.42 Å². The van der Waals surface area contributed by atoms with Crippen LogP contribution in [0.4, 0.5) is 0 Å². The second-order valence-electron chi connectivity index (χ2n) is 4.61. The number of pyridine rings is 1. The van der Waals surface area contributed by atoms with E-state index >= 15 is 0 Å². The van der Waals surface area contributed by atoms with Crippen LogP contribution in [0.25, 0.3) is 5.65 Å². The average Bonchev–Trinajstić information content (AvgIpc) is 2.96. The van der Waals surface area contributed by atoms with Crippen molar-refractivity contribution in [3.05, 3.63) is 29.7 Å². The maximum absolute atomic E-state index is 10.9. The zero-order valence-corrected chi connectivity index (χ0v) is 9.83. The van der Waals surface area contributed by atoms with Gasteiger partial charge in [0.15, 0.2) is 11.5 Å². The van der Waals surface area contributed by atoms with Crippen LogP contribution in [-0.4, -0.2) is 38.8 Å². The number of hydrogen-bond donors (Lipinski definition) is 2. The molecule has 0 aliphatic carbocycles. The molecule has 0 aromatic carbocycles. The first-order valence-electron chi connectivity index (χ1n) is 6.02. The van der Waals surface area contributed by atoms with E-state index in [0.29, 0.717) is 11.6 Å². The Bertz CT molecular complexity index is 587. The van der Waals surface area contributed by atoms with Crippen LogP contribution in [0.3, 0.4) is 0 Å². The zero-order valence-electron chi connectivity index (χ0n) is 9.83. The molecule has 1 aliphatic rings. The van der Waals surface area contributed by atoms with E-state index in [1.165, 1.54) is 6.07 Å². The van der Waals surface area contributed by atoms with Crippen LogP contribution in [0.2, 0.25) is 0 Å². The summed E-state index contributed by atoms with van der Waals surface area (Å²) < 4.78 is 1.63. The molecule has 0 saturated carbocycles. The lowest BCUT2D eigenvalue weighted by atomic mass is 10.1. The van der Waals surface area contributed by atoms with Crippen molar-refractivity contribution in [3.63, 3.8) is 0 Å². The Morgan fingerprint density at radius 3 is 3.22 bits per heavy atom. The van der Waals surface area contributed by atoms with Gasteiger partial charge in [-0.2, -0.15) is 5.10 Å². The summed E-state index contributed by atoms with van der Waals surface area (Å²) >= 11 is 0. The van der Waals surface area contributed by atoms with E-state index in [2.05, 4.69) is 15.4 Å². The number of nitrogens with one attached hydrogen (secondary N) is 1. The largest absolute Gasteiger partial charge is 0.478 e. The Hall–Kier alpha value is -1.95. The van der Waals surface area contributed by atoms with Crippen LogP contribution in [0.5, 0.6) is 0 Å². The minimum Gasteiger partial charge on any atom is -0.478 e. The molecule has 6 heteroatoms. The molecule has 1 aliphatic heterocycles. The van der Waals surface area contributed by atoms with Gasteiger partial charge in [-0.05, 0) is 37.6 Å². The summed E-state index contributed by atoms with van der Waals surface area (Å²) in [5.41, 5.74) is 0.833. The highest BCUT2D eigenvalue weighted by Crippen LogP contribution is 2.14. The fourth-order valence-electron chi connectivity index (χ4n) is 2.29. The summed E-state index contributed by atoms with van der Waals surface area (Å²) in [4.78, 5) is 15.2. The molecule has 3 rings (SSSR count). The second-order valence-corrected chi connectivity index (χ2v) is 4.61. The van der Waals surface area contributed by atoms with Gasteiger partial charge in [0.1, 0.15) is 0 Å². The smallest absolute Gasteiger partial charge is 0.335 e. The molecule has 1 unspecified atom stereocenters. The zero-order chi connectivity index (χ0) is 12.5. The van der Waals surface area contributed by atoms with E-state index in [1.54, 1.807) is 16.8 Å². The predicted octanol–water partition coefficient (Wildman–Crippen LogP) is 0.579. The first kappa shape index (κ1) is 11.2. The number of hydrogen-bond acceptors (Lipinski definition) is 4. The van der Waals surface area contributed by atoms with Gasteiger partial charge in [0.05, 0.1) is 5.56 Å².